The third-order valence-corrected chi connectivity index (χ3v) is 11.4. The molecule has 4 heterocycles. The Morgan fingerprint density at radius 2 is 0.737 bits per heavy atom. The maximum atomic E-state index is 5.26. The summed E-state index contributed by atoms with van der Waals surface area (Å²) in [5.74, 6) is 1.51. The van der Waals surface area contributed by atoms with Crippen LogP contribution < -0.4 is 0 Å². The molecule has 8 aromatic carbocycles. The predicted molar refractivity (Wildman–Crippen MR) is 236 cm³/mol. The normalized spacial score (nSPS) is 11.9. The summed E-state index contributed by atoms with van der Waals surface area (Å²) in [6.07, 6.45) is 0. The summed E-state index contributed by atoms with van der Waals surface area (Å²) in [7, 11) is 0. The second kappa shape index (κ2) is 12.4. The van der Waals surface area contributed by atoms with E-state index in [2.05, 4.69) is 196 Å². The fraction of sp³-hybridized carbons (Fsp3) is 0. The zero-order valence-electron chi connectivity index (χ0n) is 30.8. The smallest absolute Gasteiger partial charge is 0.162 e. The van der Waals surface area contributed by atoms with Crippen molar-refractivity contribution in [3.05, 3.63) is 200 Å². The summed E-state index contributed by atoms with van der Waals surface area (Å²) in [6.45, 7) is 0. The van der Waals surface area contributed by atoms with Gasteiger partial charge in [-0.1, -0.05) is 133 Å². The summed E-state index contributed by atoms with van der Waals surface area (Å²) in [5, 5.41) is 7.33. The fourth-order valence-electron chi connectivity index (χ4n) is 8.95. The van der Waals surface area contributed by atoms with E-state index in [1.807, 2.05) is 18.2 Å². The van der Waals surface area contributed by atoms with Crippen LogP contribution in [-0.2, 0) is 0 Å². The van der Waals surface area contributed by atoms with Gasteiger partial charge in [0.15, 0.2) is 5.82 Å². The Bertz CT molecular complexity index is 3460. The van der Waals surface area contributed by atoms with Crippen LogP contribution in [0.3, 0.4) is 0 Å². The molecule has 12 rings (SSSR count). The van der Waals surface area contributed by atoms with E-state index in [0.29, 0.717) is 5.82 Å². The van der Waals surface area contributed by atoms with Crippen molar-refractivity contribution in [2.45, 2.75) is 0 Å². The van der Waals surface area contributed by atoms with E-state index in [-0.39, 0.29) is 0 Å². The van der Waals surface area contributed by atoms with Gasteiger partial charge >= 0.3 is 0 Å². The van der Waals surface area contributed by atoms with Gasteiger partial charge in [0.25, 0.3) is 0 Å². The standard InChI is InChI=1S/C52H33N5/c1-3-16-34(17-4-1)52-53-44(32-51(54-52)57-47-28-13-7-22-38(47)39-23-8-14-29-48(39)57)35-18-15-21-37(30-35)56-46-27-12-10-25-41(46)43-31-42-40-24-9-11-26-45(40)55(49(42)33-50(43)56)36-19-5-2-6-20-36/h1-33H. The molecule has 0 aliphatic carbocycles. The lowest BCUT2D eigenvalue weighted by atomic mass is 10.1. The Hall–Kier alpha value is -7.76. The molecule has 0 N–H and O–H groups in total. The first-order valence-corrected chi connectivity index (χ1v) is 19.3. The predicted octanol–water partition coefficient (Wildman–Crippen LogP) is 13.1. The molecule has 0 aliphatic heterocycles. The maximum Gasteiger partial charge on any atom is 0.162 e. The van der Waals surface area contributed by atoms with Gasteiger partial charge < -0.3 is 9.13 Å². The van der Waals surface area contributed by atoms with Crippen LogP contribution in [0.25, 0.3) is 105 Å². The van der Waals surface area contributed by atoms with E-state index >= 15 is 0 Å². The molecule has 266 valence electrons. The average Bonchev–Trinajstić information content (AvgIpc) is 3.91. The molecule has 4 aromatic heterocycles. The van der Waals surface area contributed by atoms with Gasteiger partial charge in [-0.05, 0) is 60.7 Å². The molecule has 0 bridgehead atoms. The minimum absolute atomic E-state index is 0.684. The van der Waals surface area contributed by atoms with Crippen molar-refractivity contribution in [1.82, 2.24) is 23.7 Å². The highest BCUT2D eigenvalue weighted by atomic mass is 15.1. The van der Waals surface area contributed by atoms with Crippen LogP contribution in [-0.4, -0.2) is 23.7 Å². The van der Waals surface area contributed by atoms with Crippen LogP contribution in [0.5, 0.6) is 0 Å². The molecule has 0 unspecified atom stereocenters. The van der Waals surface area contributed by atoms with E-state index in [9.17, 15) is 0 Å². The maximum absolute atomic E-state index is 5.26. The Balaban J connectivity index is 1.11. The summed E-state index contributed by atoms with van der Waals surface area (Å²) in [5.41, 5.74) is 12.0. The molecule has 0 saturated heterocycles. The summed E-state index contributed by atoms with van der Waals surface area (Å²) in [4.78, 5) is 10.5. The van der Waals surface area contributed by atoms with E-state index in [1.54, 1.807) is 0 Å². The van der Waals surface area contributed by atoms with Crippen LogP contribution in [0.4, 0.5) is 0 Å². The van der Waals surface area contributed by atoms with Crippen molar-refractivity contribution in [3.63, 3.8) is 0 Å². The highest BCUT2D eigenvalue weighted by molar-refractivity contribution is 6.19. The largest absolute Gasteiger partial charge is 0.309 e. The number of rotatable bonds is 5. The lowest BCUT2D eigenvalue weighted by molar-refractivity contribution is 1.05. The molecule has 0 fully saturated rings. The minimum Gasteiger partial charge on any atom is -0.309 e. The fourth-order valence-corrected chi connectivity index (χ4v) is 8.95. The number of hydrogen-bond donors (Lipinski definition) is 0. The summed E-state index contributed by atoms with van der Waals surface area (Å²) < 4.78 is 7.08. The first kappa shape index (κ1) is 31.6. The third kappa shape index (κ3) is 4.82. The first-order chi connectivity index (χ1) is 28.3. The lowest BCUT2D eigenvalue weighted by Crippen LogP contribution is -2.03. The van der Waals surface area contributed by atoms with Crippen molar-refractivity contribution in [1.29, 1.82) is 0 Å². The van der Waals surface area contributed by atoms with Gasteiger partial charge in [-0.25, -0.2) is 9.97 Å². The minimum atomic E-state index is 0.684. The monoisotopic (exact) mass is 727 g/mol. The number of benzene rings is 8. The highest BCUT2D eigenvalue weighted by Gasteiger charge is 2.20. The number of para-hydroxylation sites is 5. The van der Waals surface area contributed by atoms with Crippen LogP contribution >= 0.6 is 0 Å². The molecule has 0 spiro atoms. The number of fused-ring (bicyclic) bond motifs is 9. The van der Waals surface area contributed by atoms with Gasteiger partial charge in [0.05, 0.1) is 38.8 Å². The lowest BCUT2D eigenvalue weighted by Gasteiger charge is -2.14. The van der Waals surface area contributed by atoms with Crippen LogP contribution in [0, 0.1) is 0 Å². The van der Waals surface area contributed by atoms with Crippen molar-refractivity contribution in [2.75, 3.05) is 0 Å². The van der Waals surface area contributed by atoms with Gasteiger partial charge in [0, 0.05) is 60.9 Å². The summed E-state index contributed by atoms with van der Waals surface area (Å²) >= 11 is 0. The molecule has 0 radical (unpaired) electrons. The second-order valence-electron chi connectivity index (χ2n) is 14.6. The molecule has 0 saturated carbocycles. The Kier molecular flexibility index (Phi) is 6.86. The Labute approximate surface area is 328 Å². The van der Waals surface area contributed by atoms with Crippen LogP contribution in [0.15, 0.2) is 200 Å². The van der Waals surface area contributed by atoms with Crippen molar-refractivity contribution in [3.8, 4) is 39.8 Å². The SMILES string of the molecule is c1ccc(-c2nc(-c3cccc(-n4c5ccccc5c5cc6c7ccccc7n(-c7ccccc7)c6cc54)c3)cc(-n3c4ccccc4c4ccccc43)n2)cc1. The van der Waals surface area contributed by atoms with Crippen molar-refractivity contribution >= 4 is 65.4 Å². The molecule has 5 nitrogen and oxygen atoms in total. The Morgan fingerprint density at radius 3 is 1.33 bits per heavy atom. The van der Waals surface area contributed by atoms with Gasteiger partial charge in [0.1, 0.15) is 5.82 Å². The molecular formula is C52H33N5. The molecule has 12 aromatic rings. The van der Waals surface area contributed by atoms with E-state index in [0.717, 1.165) is 56.1 Å². The van der Waals surface area contributed by atoms with E-state index < -0.39 is 0 Å². The van der Waals surface area contributed by atoms with Gasteiger partial charge in [-0.3, -0.25) is 4.57 Å². The number of aromatic nitrogens is 5. The van der Waals surface area contributed by atoms with Crippen molar-refractivity contribution < 1.29 is 0 Å². The molecule has 0 aliphatic rings. The molecule has 5 heteroatoms. The van der Waals surface area contributed by atoms with Gasteiger partial charge in [-0.2, -0.15) is 0 Å². The third-order valence-electron chi connectivity index (χ3n) is 11.4. The zero-order valence-corrected chi connectivity index (χ0v) is 30.8. The topological polar surface area (TPSA) is 40.6 Å². The van der Waals surface area contributed by atoms with E-state index in [4.69, 9.17) is 9.97 Å². The van der Waals surface area contributed by atoms with Crippen LogP contribution in [0.1, 0.15) is 0 Å². The molecule has 0 amide bonds. The number of nitrogens with zero attached hydrogens (tertiary/aromatic N) is 5. The van der Waals surface area contributed by atoms with Crippen molar-refractivity contribution in [2.24, 2.45) is 0 Å². The first-order valence-electron chi connectivity index (χ1n) is 19.3. The Morgan fingerprint density at radius 1 is 0.281 bits per heavy atom. The molecular weight excluding hydrogens is 695 g/mol. The van der Waals surface area contributed by atoms with Crippen LogP contribution in [0.2, 0.25) is 0 Å². The zero-order chi connectivity index (χ0) is 37.5. The second-order valence-corrected chi connectivity index (χ2v) is 14.6. The molecule has 57 heavy (non-hydrogen) atoms. The van der Waals surface area contributed by atoms with Gasteiger partial charge in [0.2, 0.25) is 0 Å². The summed E-state index contributed by atoms with van der Waals surface area (Å²) in [6, 6.07) is 71.3. The van der Waals surface area contributed by atoms with Gasteiger partial charge in [-0.15, -0.1) is 0 Å². The quantitative estimate of drug-likeness (QED) is 0.177. The average molecular weight is 728 g/mol. The number of hydrogen-bond acceptors (Lipinski definition) is 2. The molecule has 0 atom stereocenters. The highest BCUT2D eigenvalue weighted by Crippen LogP contribution is 2.40. The van der Waals surface area contributed by atoms with E-state index in [1.165, 1.54) is 43.4 Å².